The molecule has 0 aliphatic heterocycles. The topological polar surface area (TPSA) is 94.5 Å². The molecule has 1 unspecified atom stereocenters. The lowest BCUT2D eigenvalue weighted by Crippen LogP contribution is -2.21. The van der Waals surface area contributed by atoms with E-state index in [9.17, 15) is 18.0 Å². The van der Waals surface area contributed by atoms with Crippen molar-refractivity contribution in [1.82, 2.24) is 14.9 Å². The number of imidazole rings is 1. The van der Waals surface area contributed by atoms with E-state index in [-0.39, 0.29) is 5.56 Å². The molecular weight excluding hydrogens is 483 g/mol. The normalized spacial score (nSPS) is 12.9. The summed E-state index contributed by atoms with van der Waals surface area (Å²) in [5.41, 5.74) is 7.06. The highest BCUT2D eigenvalue weighted by molar-refractivity contribution is 5.93. The number of aromatic nitrogens is 2. The Hall–Kier alpha value is -3.92. The van der Waals surface area contributed by atoms with E-state index in [1.807, 2.05) is 48.3 Å². The number of aldehydes is 1. The van der Waals surface area contributed by atoms with Gasteiger partial charge in [0.25, 0.3) is 0 Å². The fraction of sp³-hybridized carbons (Fsp3) is 0.296. The minimum absolute atomic E-state index is 0.0913. The van der Waals surface area contributed by atoms with Crippen LogP contribution in [0, 0.1) is 24.4 Å². The van der Waals surface area contributed by atoms with Gasteiger partial charge < -0.3 is 25.1 Å². The second kappa shape index (κ2) is 16.7. The Kier molecular flexibility index (Phi) is 14.0. The summed E-state index contributed by atoms with van der Waals surface area (Å²) in [5.74, 6) is -2.82. The van der Waals surface area contributed by atoms with E-state index < -0.39 is 23.5 Å². The van der Waals surface area contributed by atoms with Crippen LogP contribution < -0.4 is 11.1 Å². The SMILES string of the molecule is C=C(/C=C(\C=C/Cn1cnc(C)c1)/C=C/C(=NC)NCCC)OC.NC(C=O)c1cc(F)c(F)c(F)c1. The summed E-state index contributed by atoms with van der Waals surface area (Å²) in [4.78, 5) is 18.6. The van der Waals surface area contributed by atoms with Crippen LogP contribution in [0.2, 0.25) is 0 Å². The molecule has 0 aliphatic rings. The number of nitrogens with one attached hydrogen (secondary N) is 1. The maximum Gasteiger partial charge on any atom is 0.194 e. The number of aliphatic imine (C=N–C) groups is 1. The second-order valence-electron chi connectivity index (χ2n) is 7.76. The minimum Gasteiger partial charge on any atom is -0.497 e. The lowest BCUT2D eigenvalue weighted by Gasteiger charge is -2.04. The van der Waals surface area contributed by atoms with Crippen LogP contribution >= 0.6 is 0 Å². The molecular formula is C27H34F3N5O2. The van der Waals surface area contributed by atoms with Gasteiger partial charge in [-0.15, -0.1) is 0 Å². The number of hydrogen-bond acceptors (Lipinski definition) is 5. The molecule has 3 N–H and O–H groups in total. The van der Waals surface area contributed by atoms with Crippen molar-refractivity contribution >= 4 is 12.1 Å². The maximum atomic E-state index is 12.6. The third kappa shape index (κ3) is 11.6. The summed E-state index contributed by atoms with van der Waals surface area (Å²) in [5, 5.41) is 3.27. The Balaban J connectivity index is 0.000000442. The zero-order valence-corrected chi connectivity index (χ0v) is 21.5. The average Bonchev–Trinajstić information content (AvgIpc) is 3.31. The van der Waals surface area contributed by atoms with Crippen molar-refractivity contribution < 1.29 is 22.7 Å². The Bertz CT molecular complexity index is 1130. The summed E-state index contributed by atoms with van der Waals surface area (Å²) in [6, 6.07) is 0.249. The third-order valence-electron chi connectivity index (χ3n) is 4.75. The Labute approximate surface area is 216 Å². The van der Waals surface area contributed by atoms with Gasteiger partial charge in [-0.25, -0.2) is 18.2 Å². The Morgan fingerprint density at radius 2 is 1.95 bits per heavy atom. The number of hydrogen-bond donors (Lipinski definition) is 2. The number of ether oxygens (including phenoxy) is 1. The van der Waals surface area contributed by atoms with Crippen molar-refractivity contribution in [3.63, 3.8) is 0 Å². The number of carbonyl (C=O) groups is 1. The highest BCUT2D eigenvalue weighted by atomic mass is 19.2. The molecule has 1 heterocycles. The summed E-state index contributed by atoms with van der Waals surface area (Å²) >= 11 is 0. The first-order chi connectivity index (χ1) is 17.6. The molecule has 1 aromatic carbocycles. The molecule has 0 bridgehead atoms. The molecule has 10 heteroatoms. The highest BCUT2D eigenvalue weighted by Gasteiger charge is 2.13. The van der Waals surface area contributed by atoms with Crippen molar-refractivity contribution in [1.29, 1.82) is 0 Å². The van der Waals surface area contributed by atoms with E-state index in [1.165, 1.54) is 0 Å². The summed E-state index contributed by atoms with van der Waals surface area (Å²) in [6.07, 6.45) is 15.1. The molecule has 0 saturated carbocycles. The van der Waals surface area contributed by atoms with Crippen LogP contribution in [0.3, 0.4) is 0 Å². The number of aryl methyl sites for hydroxylation is 1. The molecule has 2 rings (SSSR count). The minimum atomic E-state index is -1.57. The first kappa shape index (κ1) is 31.1. The van der Waals surface area contributed by atoms with Crippen LogP contribution in [0.1, 0.15) is 30.6 Å². The van der Waals surface area contributed by atoms with Crippen molar-refractivity contribution in [2.24, 2.45) is 10.7 Å². The van der Waals surface area contributed by atoms with E-state index in [0.717, 1.165) is 36.6 Å². The Morgan fingerprint density at radius 1 is 1.27 bits per heavy atom. The van der Waals surface area contributed by atoms with Gasteiger partial charge in [0.15, 0.2) is 17.5 Å². The quantitative estimate of drug-likeness (QED) is 0.112. The zero-order chi connectivity index (χ0) is 27.8. The molecule has 0 radical (unpaired) electrons. The molecule has 0 amide bonds. The second-order valence-corrected chi connectivity index (χ2v) is 7.76. The molecule has 0 fully saturated rings. The Morgan fingerprint density at radius 3 is 2.46 bits per heavy atom. The van der Waals surface area contributed by atoms with Gasteiger partial charge in [0, 0.05) is 26.3 Å². The smallest absolute Gasteiger partial charge is 0.194 e. The van der Waals surface area contributed by atoms with E-state index in [4.69, 9.17) is 10.5 Å². The number of benzene rings is 1. The van der Waals surface area contributed by atoms with Gasteiger partial charge in [-0.1, -0.05) is 31.7 Å². The number of nitrogens with two attached hydrogens (primary N) is 1. The van der Waals surface area contributed by atoms with Crippen LogP contribution in [0.4, 0.5) is 13.2 Å². The lowest BCUT2D eigenvalue weighted by atomic mass is 10.1. The van der Waals surface area contributed by atoms with Gasteiger partial charge in [-0.3, -0.25) is 4.99 Å². The summed E-state index contributed by atoms with van der Waals surface area (Å²) in [7, 11) is 3.39. The molecule has 0 spiro atoms. The number of methoxy groups -OCH3 is 1. The number of nitrogens with zero attached hydrogens (tertiary/aromatic N) is 3. The first-order valence-electron chi connectivity index (χ1n) is 11.5. The van der Waals surface area contributed by atoms with Crippen LogP contribution in [-0.2, 0) is 16.1 Å². The number of amidine groups is 1. The van der Waals surface area contributed by atoms with Crippen molar-refractivity contribution in [2.75, 3.05) is 20.7 Å². The largest absolute Gasteiger partial charge is 0.497 e. The highest BCUT2D eigenvalue weighted by Crippen LogP contribution is 2.16. The number of halogens is 3. The van der Waals surface area contributed by atoms with E-state index >= 15 is 0 Å². The number of rotatable bonds is 11. The third-order valence-corrected chi connectivity index (χ3v) is 4.75. The van der Waals surface area contributed by atoms with E-state index in [0.29, 0.717) is 24.2 Å². The van der Waals surface area contributed by atoms with Gasteiger partial charge in [0.1, 0.15) is 17.9 Å². The molecule has 2 aromatic rings. The van der Waals surface area contributed by atoms with Gasteiger partial charge >= 0.3 is 0 Å². The molecule has 7 nitrogen and oxygen atoms in total. The molecule has 0 aliphatic carbocycles. The van der Waals surface area contributed by atoms with Crippen LogP contribution in [0.25, 0.3) is 0 Å². The van der Waals surface area contributed by atoms with Crippen molar-refractivity contribution in [2.45, 2.75) is 32.9 Å². The zero-order valence-electron chi connectivity index (χ0n) is 21.5. The number of carbonyl (C=O) groups excluding carboxylic acids is 1. The lowest BCUT2D eigenvalue weighted by molar-refractivity contribution is -0.109. The standard InChI is InChI=1S/C19H28N4O.C8H6F3NO/c1-6-11-21-19(20-4)10-9-18(13-17(3)24-5)8-7-12-23-14-16(2)22-15-23;9-5-1-4(7(12)3-13)2-6(10)8(5)11/h7-10,13-15H,3,6,11-12H2,1-2,4-5H3,(H,20,21);1-3,7H,12H2/b8-7-,10-9+,18-13+;. The van der Waals surface area contributed by atoms with Gasteiger partial charge in [0.2, 0.25) is 0 Å². The summed E-state index contributed by atoms with van der Waals surface area (Å²) < 4.78 is 44.7. The molecule has 37 heavy (non-hydrogen) atoms. The fourth-order valence-corrected chi connectivity index (χ4v) is 2.77. The average molecular weight is 518 g/mol. The van der Waals surface area contributed by atoms with Crippen molar-refractivity contribution in [3.05, 3.63) is 102 Å². The number of allylic oxidation sites excluding steroid dienone is 5. The maximum absolute atomic E-state index is 12.6. The van der Waals surface area contributed by atoms with Crippen LogP contribution in [0.5, 0.6) is 0 Å². The van der Waals surface area contributed by atoms with Gasteiger partial charge in [0.05, 0.1) is 25.2 Å². The summed E-state index contributed by atoms with van der Waals surface area (Å²) in [6.45, 7) is 9.61. The fourth-order valence-electron chi connectivity index (χ4n) is 2.77. The van der Waals surface area contributed by atoms with E-state index in [2.05, 4.69) is 34.9 Å². The van der Waals surface area contributed by atoms with Gasteiger partial charge in [-0.05, 0) is 48.8 Å². The molecule has 1 aromatic heterocycles. The van der Waals surface area contributed by atoms with Crippen molar-refractivity contribution in [3.8, 4) is 0 Å². The molecule has 0 saturated heterocycles. The predicted octanol–water partition coefficient (Wildman–Crippen LogP) is 4.72. The van der Waals surface area contributed by atoms with Crippen LogP contribution in [-0.4, -0.2) is 42.4 Å². The monoisotopic (exact) mass is 517 g/mol. The molecule has 200 valence electrons. The van der Waals surface area contributed by atoms with Gasteiger partial charge in [-0.2, -0.15) is 0 Å². The van der Waals surface area contributed by atoms with Crippen LogP contribution in [0.15, 0.2) is 77.9 Å². The molecule has 1 atom stereocenters. The first-order valence-corrected chi connectivity index (χ1v) is 11.5. The van der Waals surface area contributed by atoms with E-state index in [1.54, 1.807) is 14.2 Å². The predicted molar refractivity (Wildman–Crippen MR) is 140 cm³/mol.